The van der Waals surface area contributed by atoms with E-state index in [0.717, 1.165) is 25.5 Å². The Bertz CT molecular complexity index is 849. The van der Waals surface area contributed by atoms with Crippen molar-refractivity contribution >= 4 is 11.5 Å². The topological polar surface area (TPSA) is 59.2 Å². The van der Waals surface area contributed by atoms with Gasteiger partial charge in [-0.25, -0.2) is 13.8 Å². The Morgan fingerprint density at radius 3 is 3.09 bits per heavy atom. The zero-order chi connectivity index (χ0) is 15.8. The summed E-state index contributed by atoms with van der Waals surface area (Å²) >= 11 is 0. The van der Waals surface area contributed by atoms with Gasteiger partial charge in [0.15, 0.2) is 5.82 Å². The van der Waals surface area contributed by atoms with Crippen LogP contribution in [0.3, 0.4) is 0 Å². The van der Waals surface area contributed by atoms with Crippen LogP contribution in [-0.2, 0) is 6.42 Å². The number of hydrogen-bond donors (Lipinski definition) is 0. The van der Waals surface area contributed by atoms with E-state index in [9.17, 15) is 8.78 Å². The van der Waals surface area contributed by atoms with Gasteiger partial charge in [0.1, 0.15) is 11.6 Å². The molecule has 3 heterocycles. The summed E-state index contributed by atoms with van der Waals surface area (Å²) in [5, 5.41) is 11.5. The van der Waals surface area contributed by atoms with Crippen molar-refractivity contribution in [1.29, 1.82) is 0 Å². The highest BCUT2D eigenvalue weighted by molar-refractivity contribution is 5.63. The van der Waals surface area contributed by atoms with E-state index in [-0.39, 0.29) is 11.9 Å². The molecule has 0 saturated carbocycles. The van der Waals surface area contributed by atoms with Crippen LogP contribution in [0.5, 0.6) is 0 Å². The van der Waals surface area contributed by atoms with Crippen molar-refractivity contribution in [2.24, 2.45) is 0 Å². The second-order valence-electron chi connectivity index (χ2n) is 5.63. The molecule has 0 spiro atoms. The average molecular weight is 316 g/mol. The lowest BCUT2D eigenvalue weighted by molar-refractivity contribution is 0.565. The number of anilines is 1. The zero-order valence-corrected chi connectivity index (χ0v) is 12.2. The molecule has 0 N–H and O–H groups in total. The lowest BCUT2D eigenvalue weighted by Gasteiger charge is -2.25. The van der Waals surface area contributed by atoms with E-state index in [2.05, 4.69) is 25.4 Å². The summed E-state index contributed by atoms with van der Waals surface area (Å²) in [5.74, 6) is -0.127. The first kappa shape index (κ1) is 14.0. The van der Waals surface area contributed by atoms with E-state index in [1.807, 2.05) is 0 Å². The van der Waals surface area contributed by atoms with Crippen LogP contribution in [0.1, 0.15) is 18.4 Å². The van der Waals surface area contributed by atoms with Gasteiger partial charge in [-0.05, 0) is 53.5 Å². The SMILES string of the molecule is Fc1ccc(F)c(CC2CCCN2c2nccn3nnnc23)c1. The third kappa shape index (κ3) is 2.49. The molecule has 1 aliphatic rings. The standard InChI is InChI=1S/C15H14F2N6/c16-11-3-4-13(17)10(8-11)9-12-2-1-6-22(12)14-15-19-20-21-23(15)7-5-18-14/h3-5,7-8,12H,1-2,6,9H2. The average Bonchev–Trinajstić information content (AvgIpc) is 3.19. The van der Waals surface area contributed by atoms with Crippen LogP contribution in [0, 0.1) is 11.6 Å². The number of nitrogens with zero attached hydrogens (tertiary/aromatic N) is 6. The van der Waals surface area contributed by atoms with Gasteiger partial charge in [0, 0.05) is 18.8 Å². The van der Waals surface area contributed by atoms with Crippen LogP contribution in [0.25, 0.3) is 5.65 Å². The first-order chi connectivity index (χ1) is 11.2. The monoisotopic (exact) mass is 316 g/mol. The van der Waals surface area contributed by atoms with Gasteiger partial charge in [0.25, 0.3) is 0 Å². The van der Waals surface area contributed by atoms with E-state index >= 15 is 0 Å². The summed E-state index contributed by atoms with van der Waals surface area (Å²) < 4.78 is 28.9. The molecule has 118 valence electrons. The van der Waals surface area contributed by atoms with E-state index in [1.165, 1.54) is 12.1 Å². The molecule has 1 unspecified atom stereocenters. The van der Waals surface area contributed by atoms with Crippen molar-refractivity contribution in [3.63, 3.8) is 0 Å². The second-order valence-corrected chi connectivity index (χ2v) is 5.63. The summed E-state index contributed by atoms with van der Waals surface area (Å²) in [6.45, 7) is 0.793. The number of rotatable bonds is 3. The fraction of sp³-hybridized carbons (Fsp3) is 0.333. The molecule has 6 nitrogen and oxygen atoms in total. The maximum Gasteiger partial charge on any atom is 0.221 e. The highest BCUT2D eigenvalue weighted by atomic mass is 19.1. The normalized spacial score (nSPS) is 18.0. The van der Waals surface area contributed by atoms with Gasteiger partial charge in [-0.2, -0.15) is 4.52 Å². The predicted molar refractivity (Wildman–Crippen MR) is 79.0 cm³/mol. The third-order valence-electron chi connectivity index (χ3n) is 4.21. The molecule has 4 rings (SSSR count). The van der Waals surface area contributed by atoms with Gasteiger partial charge >= 0.3 is 0 Å². The summed E-state index contributed by atoms with van der Waals surface area (Å²) in [7, 11) is 0. The Hall–Kier alpha value is -2.64. The highest BCUT2D eigenvalue weighted by Gasteiger charge is 2.29. The number of halogens is 2. The maximum absolute atomic E-state index is 13.9. The van der Waals surface area contributed by atoms with Crippen molar-refractivity contribution in [3.05, 3.63) is 47.8 Å². The van der Waals surface area contributed by atoms with E-state index < -0.39 is 5.82 Å². The molecule has 0 amide bonds. The molecule has 0 radical (unpaired) electrons. The smallest absolute Gasteiger partial charge is 0.221 e. The fourth-order valence-corrected chi connectivity index (χ4v) is 3.15. The zero-order valence-electron chi connectivity index (χ0n) is 12.2. The molecule has 1 aromatic carbocycles. The van der Waals surface area contributed by atoms with Gasteiger partial charge in [0.05, 0.1) is 6.20 Å². The molecule has 1 fully saturated rings. The van der Waals surface area contributed by atoms with Crippen molar-refractivity contribution in [2.45, 2.75) is 25.3 Å². The summed E-state index contributed by atoms with van der Waals surface area (Å²) in [5.41, 5.74) is 0.951. The number of hydrogen-bond acceptors (Lipinski definition) is 5. The number of tetrazole rings is 1. The van der Waals surface area contributed by atoms with Gasteiger partial charge in [-0.15, -0.1) is 5.10 Å². The van der Waals surface area contributed by atoms with Gasteiger partial charge in [-0.1, -0.05) is 0 Å². The molecule has 23 heavy (non-hydrogen) atoms. The molecule has 0 aliphatic carbocycles. The van der Waals surface area contributed by atoms with Crippen molar-refractivity contribution in [1.82, 2.24) is 25.0 Å². The van der Waals surface area contributed by atoms with Crippen molar-refractivity contribution in [2.75, 3.05) is 11.4 Å². The minimum atomic E-state index is -0.423. The van der Waals surface area contributed by atoms with Crippen LogP contribution < -0.4 is 4.90 Å². The largest absolute Gasteiger partial charge is 0.350 e. The Morgan fingerprint density at radius 2 is 2.17 bits per heavy atom. The van der Waals surface area contributed by atoms with Gasteiger partial charge < -0.3 is 4.90 Å². The van der Waals surface area contributed by atoms with E-state index in [0.29, 0.717) is 23.4 Å². The lowest BCUT2D eigenvalue weighted by Crippen LogP contribution is -2.32. The summed E-state index contributed by atoms with van der Waals surface area (Å²) in [4.78, 5) is 6.47. The quantitative estimate of drug-likeness (QED) is 0.740. The Labute approximate surface area is 130 Å². The van der Waals surface area contributed by atoms with Crippen LogP contribution in [0.15, 0.2) is 30.6 Å². The van der Waals surface area contributed by atoms with Crippen LogP contribution in [0.4, 0.5) is 14.6 Å². The molecule has 3 aromatic rings. The van der Waals surface area contributed by atoms with Crippen LogP contribution in [0.2, 0.25) is 0 Å². The first-order valence-electron chi connectivity index (χ1n) is 7.45. The summed E-state index contributed by atoms with van der Waals surface area (Å²) in [6, 6.07) is 3.61. The minimum absolute atomic E-state index is 0.0432. The molecule has 1 atom stereocenters. The molecule has 1 saturated heterocycles. The van der Waals surface area contributed by atoms with Crippen LogP contribution in [-0.4, -0.2) is 37.6 Å². The maximum atomic E-state index is 13.9. The first-order valence-corrected chi connectivity index (χ1v) is 7.45. The predicted octanol–water partition coefficient (Wildman–Crippen LogP) is 2.01. The second kappa shape index (κ2) is 5.53. The number of benzene rings is 1. The van der Waals surface area contributed by atoms with Crippen molar-refractivity contribution < 1.29 is 8.78 Å². The van der Waals surface area contributed by atoms with Gasteiger partial charge in [-0.3, -0.25) is 0 Å². The van der Waals surface area contributed by atoms with Gasteiger partial charge in [0.2, 0.25) is 5.65 Å². The third-order valence-corrected chi connectivity index (χ3v) is 4.21. The van der Waals surface area contributed by atoms with Crippen molar-refractivity contribution in [3.8, 4) is 0 Å². The number of aromatic nitrogens is 5. The molecular weight excluding hydrogens is 302 g/mol. The molecule has 8 heteroatoms. The molecule has 2 aromatic heterocycles. The Balaban J connectivity index is 1.67. The van der Waals surface area contributed by atoms with E-state index in [4.69, 9.17) is 0 Å². The van der Waals surface area contributed by atoms with Crippen LogP contribution >= 0.6 is 0 Å². The molecular formula is C15H14F2N6. The summed E-state index contributed by atoms with van der Waals surface area (Å²) in [6.07, 6.45) is 5.59. The molecule has 0 bridgehead atoms. The minimum Gasteiger partial charge on any atom is -0.350 e. The molecule has 1 aliphatic heterocycles. The fourth-order valence-electron chi connectivity index (χ4n) is 3.15. The highest BCUT2D eigenvalue weighted by Crippen LogP contribution is 2.28. The van der Waals surface area contributed by atoms with E-state index in [1.54, 1.807) is 16.9 Å². The lowest BCUT2D eigenvalue weighted by atomic mass is 10.0. The number of fused-ring (bicyclic) bond motifs is 1. The Morgan fingerprint density at radius 1 is 1.26 bits per heavy atom. The Kier molecular flexibility index (Phi) is 3.36.